The molecular formula is C27H26F3N7O3. The van der Waals surface area contributed by atoms with Gasteiger partial charge >= 0.3 is 12.2 Å². The Morgan fingerprint density at radius 2 is 1.80 bits per heavy atom. The second-order valence-electron chi connectivity index (χ2n) is 9.30. The predicted molar refractivity (Wildman–Crippen MR) is 143 cm³/mol. The maximum absolute atomic E-state index is 13.8. The van der Waals surface area contributed by atoms with Crippen LogP contribution in [0.25, 0.3) is 11.0 Å². The lowest BCUT2D eigenvalue weighted by molar-refractivity contribution is -0.138. The molecule has 0 atom stereocenters. The number of benzene rings is 2. The van der Waals surface area contributed by atoms with Crippen LogP contribution in [0, 0.1) is 6.92 Å². The highest BCUT2D eigenvalue weighted by Gasteiger charge is 2.37. The maximum atomic E-state index is 13.8. The van der Waals surface area contributed by atoms with Gasteiger partial charge in [-0.2, -0.15) is 18.2 Å². The van der Waals surface area contributed by atoms with Gasteiger partial charge in [-0.1, -0.05) is 0 Å². The van der Waals surface area contributed by atoms with Gasteiger partial charge < -0.3 is 30.2 Å². The van der Waals surface area contributed by atoms with Crippen LogP contribution < -0.4 is 20.7 Å². The van der Waals surface area contributed by atoms with Crippen molar-refractivity contribution in [2.75, 3.05) is 36.8 Å². The molecular weight excluding hydrogens is 527 g/mol. The van der Waals surface area contributed by atoms with Crippen molar-refractivity contribution in [1.82, 2.24) is 24.8 Å². The third-order valence-corrected chi connectivity index (χ3v) is 6.50. The van der Waals surface area contributed by atoms with E-state index in [1.54, 1.807) is 25.1 Å². The number of carbonyl (C=O) groups is 2. The minimum atomic E-state index is -4.78. The number of nitrogens with zero attached hydrogens (tertiary/aromatic N) is 4. The zero-order chi connectivity index (χ0) is 28.4. The monoisotopic (exact) mass is 553 g/mol. The molecule has 1 fully saturated rings. The summed E-state index contributed by atoms with van der Waals surface area (Å²) >= 11 is 0. The van der Waals surface area contributed by atoms with Crippen molar-refractivity contribution >= 4 is 34.3 Å². The SMILES string of the molecule is Cc1cc(Oc2ncnc3ccn(C)c23)ccc1NC(=O)Nc1ccc(C(=O)N2CCNCC2)c(C(F)(F)F)c1. The van der Waals surface area contributed by atoms with E-state index < -0.39 is 29.2 Å². The van der Waals surface area contributed by atoms with Crippen LogP contribution in [0.15, 0.2) is 55.0 Å². The fourth-order valence-electron chi connectivity index (χ4n) is 4.48. The number of carbonyl (C=O) groups excluding carboxylic acids is 2. The van der Waals surface area contributed by atoms with E-state index in [0.29, 0.717) is 49.1 Å². The average molecular weight is 554 g/mol. The Balaban J connectivity index is 1.29. The summed E-state index contributed by atoms with van der Waals surface area (Å²) in [5, 5.41) is 8.11. The molecule has 4 aromatic rings. The number of alkyl halides is 3. The van der Waals surface area contributed by atoms with E-state index in [1.807, 2.05) is 23.9 Å². The molecule has 0 aliphatic carbocycles. The van der Waals surface area contributed by atoms with Crippen LogP contribution in [-0.4, -0.2) is 57.6 Å². The Morgan fingerprint density at radius 3 is 2.52 bits per heavy atom. The fraction of sp³-hybridized carbons (Fsp3) is 0.259. The van der Waals surface area contributed by atoms with E-state index in [-0.39, 0.29) is 5.69 Å². The Morgan fingerprint density at radius 1 is 1.02 bits per heavy atom. The highest BCUT2D eigenvalue weighted by Crippen LogP contribution is 2.35. The van der Waals surface area contributed by atoms with Gasteiger partial charge in [0.15, 0.2) is 0 Å². The van der Waals surface area contributed by atoms with E-state index in [9.17, 15) is 22.8 Å². The van der Waals surface area contributed by atoms with Crippen LogP contribution in [0.4, 0.5) is 29.3 Å². The van der Waals surface area contributed by atoms with Crippen LogP contribution in [0.1, 0.15) is 21.5 Å². The molecule has 13 heteroatoms. The summed E-state index contributed by atoms with van der Waals surface area (Å²) in [4.78, 5) is 35.2. The van der Waals surface area contributed by atoms with Gasteiger partial charge in [-0.05, 0) is 55.0 Å². The first kappa shape index (κ1) is 26.9. The van der Waals surface area contributed by atoms with E-state index in [0.717, 1.165) is 23.2 Å². The summed E-state index contributed by atoms with van der Waals surface area (Å²) in [7, 11) is 1.85. The molecule has 5 rings (SSSR count). The van der Waals surface area contributed by atoms with Gasteiger partial charge in [0.2, 0.25) is 5.88 Å². The first-order valence-corrected chi connectivity index (χ1v) is 12.4. The van der Waals surface area contributed by atoms with Gasteiger partial charge in [0.05, 0.1) is 16.6 Å². The number of amides is 3. The highest BCUT2D eigenvalue weighted by atomic mass is 19.4. The number of halogens is 3. The molecule has 1 saturated heterocycles. The van der Waals surface area contributed by atoms with Crippen molar-refractivity contribution in [2.45, 2.75) is 13.1 Å². The maximum Gasteiger partial charge on any atom is 0.417 e. The summed E-state index contributed by atoms with van der Waals surface area (Å²) in [6.07, 6.45) is -1.53. The lowest BCUT2D eigenvalue weighted by atomic mass is 10.0. The molecule has 0 spiro atoms. The molecule has 1 aliphatic rings. The minimum absolute atomic E-state index is 0.102. The fourth-order valence-corrected chi connectivity index (χ4v) is 4.48. The Bertz CT molecular complexity index is 1580. The molecule has 208 valence electrons. The van der Waals surface area contributed by atoms with Crippen LogP contribution in [0.3, 0.4) is 0 Å². The summed E-state index contributed by atoms with van der Waals surface area (Å²) in [6.45, 7) is 3.40. The third kappa shape index (κ3) is 5.69. The van der Waals surface area contributed by atoms with Crippen molar-refractivity contribution in [1.29, 1.82) is 0 Å². The number of rotatable bonds is 5. The van der Waals surface area contributed by atoms with Gasteiger partial charge in [0.25, 0.3) is 5.91 Å². The van der Waals surface area contributed by atoms with Crippen LogP contribution in [-0.2, 0) is 13.2 Å². The number of aromatic nitrogens is 3. The molecule has 0 saturated carbocycles. The zero-order valence-corrected chi connectivity index (χ0v) is 21.7. The largest absolute Gasteiger partial charge is 0.437 e. The standard InChI is InChI=1S/C27H26F3N7O3/c1-16-13-18(40-24-23-22(32-15-33-24)7-10-36(23)2)4-6-21(16)35-26(39)34-17-3-5-19(20(14-17)27(28,29)30)25(38)37-11-8-31-9-12-37/h3-7,10,13-15,31H,8-9,11-12H2,1-2H3,(H2,34,35,39). The molecule has 0 unspecified atom stereocenters. The van der Waals surface area contributed by atoms with Gasteiger partial charge in [-0.15, -0.1) is 0 Å². The number of fused-ring (bicyclic) bond motifs is 1. The first-order chi connectivity index (χ1) is 19.1. The minimum Gasteiger partial charge on any atom is -0.437 e. The zero-order valence-electron chi connectivity index (χ0n) is 21.7. The molecule has 40 heavy (non-hydrogen) atoms. The predicted octanol–water partition coefficient (Wildman–Crippen LogP) is 4.78. The molecule has 3 N–H and O–H groups in total. The van der Waals surface area contributed by atoms with E-state index in [1.165, 1.54) is 17.3 Å². The van der Waals surface area contributed by atoms with Gasteiger partial charge in [-0.3, -0.25) is 4.79 Å². The molecule has 0 radical (unpaired) electrons. The van der Waals surface area contributed by atoms with Crippen molar-refractivity contribution < 1.29 is 27.5 Å². The third-order valence-electron chi connectivity index (χ3n) is 6.50. The number of ether oxygens (including phenoxy) is 1. The molecule has 10 nitrogen and oxygen atoms in total. The number of urea groups is 1. The second-order valence-corrected chi connectivity index (χ2v) is 9.30. The Kier molecular flexibility index (Phi) is 7.30. The molecule has 3 heterocycles. The van der Waals surface area contributed by atoms with E-state index in [2.05, 4.69) is 25.9 Å². The number of anilines is 2. The molecule has 2 aromatic carbocycles. The number of hydrogen-bond donors (Lipinski definition) is 3. The summed E-state index contributed by atoms with van der Waals surface area (Å²) in [6, 6.07) is 9.19. The van der Waals surface area contributed by atoms with Gasteiger partial charge in [0.1, 0.15) is 17.6 Å². The number of piperazine rings is 1. The van der Waals surface area contributed by atoms with Gasteiger partial charge in [0, 0.05) is 50.8 Å². The Hall–Kier alpha value is -4.65. The number of aryl methyl sites for hydroxylation is 2. The van der Waals surface area contributed by atoms with Crippen molar-refractivity contribution in [2.24, 2.45) is 7.05 Å². The number of nitrogens with one attached hydrogen (secondary N) is 3. The lowest BCUT2D eigenvalue weighted by Gasteiger charge is -2.28. The average Bonchev–Trinajstić information content (AvgIpc) is 3.31. The quantitative estimate of drug-likeness (QED) is 0.328. The normalized spacial score (nSPS) is 13.8. The second kappa shape index (κ2) is 10.8. The first-order valence-electron chi connectivity index (χ1n) is 12.4. The van der Waals surface area contributed by atoms with Crippen molar-refractivity contribution in [3.05, 3.63) is 71.7 Å². The molecule has 2 aromatic heterocycles. The smallest absolute Gasteiger partial charge is 0.417 e. The molecule has 0 bridgehead atoms. The summed E-state index contributed by atoms with van der Waals surface area (Å²) < 4.78 is 49.3. The topological polar surface area (TPSA) is 113 Å². The van der Waals surface area contributed by atoms with Crippen molar-refractivity contribution in [3.63, 3.8) is 0 Å². The summed E-state index contributed by atoms with van der Waals surface area (Å²) in [5.74, 6) is 0.150. The van der Waals surface area contributed by atoms with E-state index >= 15 is 0 Å². The molecule has 3 amide bonds. The lowest BCUT2D eigenvalue weighted by Crippen LogP contribution is -2.46. The van der Waals surface area contributed by atoms with Crippen LogP contribution in [0.2, 0.25) is 0 Å². The summed E-state index contributed by atoms with van der Waals surface area (Å²) in [5.41, 5.74) is 0.867. The van der Waals surface area contributed by atoms with Crippen molar-refractivity contribution in [3.8, 4) is 11.6 Å². The van der Waals surface area contributed by atoms with Crippen LogP contribution >= 0.6 is 0 Å². The number of hydrogen-bond acceptors (Lipinski definition) is 6. The van der Waals surface area contributed by atoms with E-state index in [4.69, 9.17) is 4.74 Å². The van der Waals surface area contributed by atoms with Crippen LogP contribution in [0.5, 0.6) is 11.6 Å². The highest BCUT2D eigenvalue weighted by molar-refractivity contribution is 6.01. The molecule has 1 aliphatic heterocycles. The van der Waals surface area contributed by atoms with Gasteiger partial charge in [-0.25, -0.2) is 9.78 Å². The Labute approximate surface area is 227 Å².